The van der Waals surface area contributed by atoms with E-state index in [0.717, 1.165) is 23.3 Å². The molecular weight excluding hydrogens is 408 g/mol. The Morgan fingerprint density at radius 2 is 2.33 bits per heavy atom. The topological polar surface area (TPSA) is 46.9 Å². The molecule has 1 fully saturated rings. The van der Waals surface area contributed by atoms with Gasteiger partial charge in [-0.15, -0.1) is 11.6 Å². The van der Waals surface area contributed by atoms with E-state index in [0.29, 0.717) is 28.8 Å². The number of imidazole rings is 1. The lowest BCUT2D eigenvalue weighted by atomic mass is 10.2. The van der Waals surface area contributed by atoms with Crippen LogP contribution in [0.4, 0.5) is 4.39 Å². The van der Waals surface area contributed by atoms with E-state index in [4.69, 9.17) is 11.6 Å². The summed E-state index contributed by atoms with van der Waals surface area (Å²) in [5.41, 5.74) is 1.53. The van der Waals surface area contributed by atoms with Crippen molar-refractivity contribution in [3.63, 3.8) is 0 Å². The van der Waals surface area contributed by atoms with Gasteiger partial charge in [0, 0.05) is 37.4 Å². The molecule has 0 spiro atoms. The van der Waals surface area contributed by atoms with Gasteiger partial charge in [-0.25, -0.2) is 9.37 Å². The van der Waals surface area contributed by atoms with Crippen LogP contribution in [0.1, 0.15) is 18.7 Å². The van der Waals surface area contributed by atoms with E-state index < -0.39 is 0 Å². The van der Waals surface area contributed by atoms with E-state index >= 15 is 0 Å². The van der Waals surface area contributed by atoms with Crippen LogP contribution < -0.4 is 5.32 Å². The molecule has 0 aliphatic carbocycles. The van der Waals surface area contributed by atoms with Crippen molar-refractivity contribution in [2.45, 2.75) is 31.8 Å². The van der Waals surface area contributed by atoms with Crippen molar-refractivity contribution in [2.75, 3.05) is 5.88 Å². The SMILES string of the molecule is O=C1CCC(Cn2c(CCCl)nc3cc(I)c(F)cc32)N1. The average Bonchev–Trinajstić information content (AvgIpc) is 2.97. The molecular formula is C14H14ClFIN3O. The zero-order valence-corrected chi connectivity index (χ0v) is 14.1. The monoisotopic (exact) mass is 421 g/mol. The molecule has 1 saturated heterocycles. The third-order valence-corrected chi connectivity index (χ3v) is 4.69. The molecule has 0 bridgehead atoms. The first kappa shape index (κ1) is 15.0. The maximum atomic E-state index is 13.9. The number of aromatic nitrogens is 2. The first-order chi connectivity index (χ1) is 10.1. The molecule has 1 unspecified atom stereocenters. The number of halogens is 3. The quantitative estimate of drug-likeness (QED) is 0.610. The van der Waals surface area contributed by atoms with Crippen molar-refractivity contribution in [3.05, 3.63) is 27.3 Å². The van der Waals surface area contributed by atoms with Crippen LogP contribution >= 0.6 is 34.2 Å². The second kappa shape index (κ2) is 6.08. The number of fused-ring (bicyclic) bond motifs is 1. The van der Waals surface area contributed by atoms with E-state index in [1.807, 2.05) is 27.2 Å². The van der Waals surface area contributed by atoms with Crippen LogP contribution in [0.3, 0.4) is 0 Å². The Morgan fingerprint density at radius 1 is 1.52 bits per heavy atom. The van der Waals surface area contributed by atoms with Gasteiger partial charge in [0.1, 0.15) is 11.6 Å². The van der Waals surface area contributed by atoms with Crippen molar-refractivity contribution in [2.24, 2.45) is 0 Å². The minimum atomic E-state index is -0.253. The van der Waals surface area contributed by atoms with Gasteiger partial charge in [-0.05, 0) is 35.1 Å². The fraction of sp³-hybridized carbons (Fsp3) is 0.429. The maximum absolute atomic E-state index is 13.9. The highest BCUT2D eigenvalue weighted by molar-refractivity contribution is 14.1. The Balaban J connectivity index is 2.02. The minimum absolute atomic E-state index is 0.0732. The summed E-state index contributed by atoms with van der Waals surface area (Å²) in [6.07, 6.45) is 1.97. The van der Waals surface area contributed by atoms with Gasteiger partial charge in [0.15, 0.2) is 0 Å². The molecule has 1 N–H and O–H groups in total. The molecule has 1 aliphatic heterocycles. The van der Waals surface area contributed by atoms with Crippen molar-refractivity contribution >= 4 is 51.1 Å². The zero-order chi connectivity index (χ0) is 15.0. The number of nitrogens with one attached hydrogen (secondary N) is 1. The molecule has 1 aromatic heterocycles. The minimum Gasteiger partial charge on any atom is -0.352 e. The molecule has 0 saturated carbocycles. The predicted molar refractivity (Wildman–Crippen MR) is 88.0 cm³/mol. The van der Waals surface area contributed by atoms with Gasteiger partial charge in [0.25, 0.3) is 0 Å². The third kappa shape index (κ3) is 3.01. The Hall–Kier alpha value is -0.890. The molecule has 1 amide bonds. The van der Waals surface area contributed by atoms with Gasteiger partial charge in [-0.1, -0.05) is 0 Å². The number of alkyl halides is 1. The van der Waals surface area contributed by atoms with Crippen molar-refractivity contribution in [1.82, 2.24) is 14.9 Å². The van der Waals surface area contributed by atoms with Crippen LogP contribution in [0.15, 0.2) is 12.1 Å². The first-order valence-electron chi connectivity index (χ1n) is 6.78. The lowest BCUT2D eigenvalue weighted by Gasteiger charge is -2.14. The molecule has 2 aromatic rings. The number of hydrogen-bond donors (Lipinski definition) is 1. The molecule has 7 heteroatoms. The van der Waals surface area contributed by atoms with E-state index in [2.05, 4.69) is 10.3 Å². The molecule has 1 atom stereocenters. The van der Waals surface area contributed by atoms with Crippen LogP contribution in [0.2, 0.25) is 0 Å². The summed E-state index contributed by atoms with van der Waals surface area (Å²) in [4.78, 5) is 15.9. The Kier molecular flexibility index (Phi) is 4.35. The van der Waals surface area contributed by atoms with Gasteiger partial charge in [-0.2, -0.15) is 0 Å². The zero-order valence-electron chi connectivity index (χ0n) is 11.2. The molecule has 0 radical (unpaired) electrons. The average molecular weight is 422 g/mol. The number of hydrogen-bond acceptors (Lipinski definition) is 2. The summed E-state index contributed by atoms with van der Waals surface area (Å²) >= 11 is 7.80. The lowest BCUT2D eigenvalue weighted by Crippen LogP contribution is -2.30. The van der Waals surface area contributed by atoms with Crippen molar-refractivity contribution < 1.29 is 9.18 Å². The number of benzene rings is 1. The van der Waals surface area contributed by atoms with Gasteiger partial charge in [-0.3, -0.25) is 4.79 Å². The summed E-state index contributed by atoms with van der Waals surface area (Å²) in [5, 5.41) is 2.94. The largest absolute Gasteiger partial charge is 0.352 e. The number of aryl methyl sites for hydroxylation is 1. The molecule has 3 rings (SSSR count). The van der Waals surface area contributed by atoms with E-state index in [1.165, 1.54) is 6.07 Å². The smallest absolute Gasteiger partial charge is 0.220 e. The molecule has 4 nitrogen and oxygen atoms in total. The Morgan fingerprint density at radius 3 is 3.00 bits per heavy atom. The van der Waals surface area contributed by atoms with Gasteiger partial charge < -0.3 is 9.88 Å². The Bertz CT molecular complexity index is 703. The molecule has 1 aromatic carbocycles. The summed E-state index contributed by atoms with van der Waals surface area (Å²) in [7, 11) is 0. The lowest BCUT2D eigenvalue weighted by molar-refractivity contribution is -0.119. The van der Waals surface area contributed by atoms with Gasteiger partial charge >= 0.3 is 0 Å². The summed E-state index contributed by atoms with van der Waals surface area (Å²) in [5.74, 6) is 1.11. The van der Waals surface area contributed by atoms with Crippen molar-refractivity contribution in [1.29, 1.82) is 0 Å². The molecule has 2 heterocycles. The van der Waals surface area contributed by atoms with Crippen LogP contribution in [-0.4, -0.2) is 27.4 Å². The number of carbonyl (C=O) groups is 1. The molecule has 21 heavy (non-hydrogen) atoms. The van der Waals surface area contributed by atoms with E-state index in [1.54, 1.807) is 6.07 Å². The predicted octanol–water partition coefficient (Wildman–Crippen LogP) is 2.84. The fourth-order valence-electron chi connectivity index (χ4n) is 2.68. The Labute approximate surface area is 140 Å². The second-order valence-corrected chi connectivity index (χ2v) is 6.68. The second-order valence-electron chi connectivity index (χ2n) is 5.14. The molecule has 1 aliphatic rings. The summed E-state index contributed by atoms with van der Waals surface area (Å²) in [6.45, 7) is 0.606. The number of carbonyl (C=O) groups excluding carboxylic acids is 1. The maximum Gasteiger partial charge on any atom is 0.220 e. The molecule has 112 valence electrons. The van der Waals surface area contributed by atoms with Crippen LogP contribution in [0.25, 0.3) is 11.0 Å². The third-order valence-electron chi connectivity index (χ3n) is 3.68. The van der Waals surface area contributed by atoms with Crippen LogP contribution in [0.5, 0.6) is 0 Å². The number of amides is 1. The first-order valence-corrected chi connectivity index (χ1v) is 8.39. The fourth-order valence-corrected chi connectivity index (χ4v) is 3.30. The number of rotatable bonds is 4. The number of nitrogens with zero attached hydrogens (tertiary/aromatic N) is 2. The highest BCUT2D eigenvalue weighted by atomic mass is 127. The highest BCUT2D eigenvalue weighted by Gasteiger charge is 2.23. The normalized spacial score (nSPS) is 18.4. The van der Waals surface area contributed by atoms with Gasteiger partial charge in [0.2, 0.25) is 5.91 Å². The standard InChI is InChI=1S/C14H14ClFIN3O/c15-4-3-13-19-11-6-10(17)9(16)5-12(11)20(13)7-8-1-2-14(21)18-8/h5-6,8H,1-4,7H2,(H,18,21). The van der Waals surface area contributed by atoms with Crippen LogP contribution in [-0.2, 0) is 17.8 Å². The van der Waals surface area contributed by atoms with Crippen LogP contribution in [0, 0.1) is 9.39 Å². The summed E-state index contributed by atoms with van der Waals surface area (Å²) < 4.78 is 16.4. The van der Waals surface area contributed by atoms with E-state index in [9.17, 15) is 9.18 Å². The summed E-state index contributed by atoms with van der Waals surface area (Å²) in [6, 6.07) is 3.33. The van der Waals surface area contributed by atoms with E-state index in [-0.39, 0.29) is 17.8 Å². The van der Waals surface area contributed by atoms with Gasteiger partial charge in [0.05, 0.1) is 14.6 Å². The van der Waals surface area contributed by atoms with Crippen molar-refractivity contribution in [3.8, 4) is 0 Å². The highest BCUT2D eigenvalue weighted by Crippen LogP contribution is 2.23.